The summed E-state index contributed by atoms with van der Waals surface area (Å²) in [5.41, 5.74) is 0. The summed E-state index contributed by atoms with van der Waals surface area (Å²) in [7, 11) is 0. The SMILES string of the molecule is CCCCCCCC/C=C\CCCCCCCC(=O)NC(CC)N=O. The van der Waals surface area contributed by atoms with Crippen molar-refractivity contribution in [2.45, 2.75) is 116 Å². The summed E-state index contributed by atoms with van der Waals surface area (Å²) in [6, 6.07) is 0. The van der Waals surface area contributed by atoms with Crippen molar-refractivity contribution in [1.29, 1.82) is 0 Å². The van der Waals surface area contributed by atoms with Gasteiger partial charge in [-0.1, -0.05) is 77.4 Å². The van der Waals surface area contributed by atoms with E-state index in [9.17, 15) is 9.70 Å². The first kappa shape index (κ1) is 23.8. The van der Waals surface area contributed by atoms with Gasteiger partial charge in [0.15, 0.2) is 6.17 Å². The third-order valence-electron chi connectivity index (χ3n) is 4.51. The van der Waals surface area contributed by atoms with Crippen LogP contribution in [0.4, 0.5) is 0 Å². The van der Waals surface area contributed by atoms with E-state index in [2.05, 4.69) is 29.6 Å². The minimum Gasteiger partial charge on any atom is -0.331 e. The van der Waals surface area contributed by atoms with Gasteiger partial charge in [-0.3, -0.25) is 4.79 Å². The molecule has 0 spiro atoms. The van der Waals surface area contributed by atoms with Gasteiger partial charge in [0.2, 0.25) is 5.91 Å². The molecule has 0 bridgehead atoms. The maximum absolute atomic E-state index is 11.6. The molecule has 1 amide bonds. The molecule has 0 saturated heterocycles. The number of nitroso groups, excluding NO2 is 1. The maximum Gasteiger partial charge on any atom is 0.221 e. The second kappa shape index (κ2) is 19.1. The zero-order chi connectivity index (χ0) is 18.6. The number of unbranched alkanes of at least 4 members (excludes halogenated alkanes) is 11. The van der Waals surface area contributed by atoms with E-state index in [1.165, 1.54) is 70.6 Å². The Kier molecular flexibility index (Phi) is 18.2. The lowest BCUT2D eigenvalue weighted by Gasteiger charge is -2.08. The number of nitrogens with one attached hydrogen (secondary N) is 1. The lowest BCUT2D eigenvalue weighted by atomic mass is 10.1. The molecule has 0 aromatic heterocycles. The van der Waals surface area contributed by atoms with Gasteiger partial charge < -0.3 is 5.32 Å². The smallest absolute Gasteiger partial charge is 0.221 e. The van der Waals surface area contributed by atoms with Crippen LogP contribution in [0.15, 0.2) is 17.3 Å². The van der Waals surface area contributed by atoms with Crippen LogP contribution in [0, 0.1) is 4.91 Å². The zero-order valence-corrected chi connectivity index (χ0v) is 16.6. The largest absolute Gasteiger partial charge is 0.331 e. The van der Waals surface area contributed by atoms with Gasteiger partial charge in [0.05, 0.1) is 0 Å². The highest BCUT2D eigenvalue weighted by atomic mass is 16.3. The zero-order valence-electron chi connectivity index (χ0n) is 16.6. The topological polar surface area (TPSA) is 58.5 Å². The summed E-state index contributed by atoms with van der Waals surface area (Å²) in [5, 5.41) is 5.52. The van der Waals surface area contributed by atoms with Gasteiger partial charge in [0, 0.05) is 6.42 Å². The Labute approximate surface area is 155 Å². The van der Waals surface area contributed by atoms with Crippen molar-refractivity contribution < 1.29 is 4.79 Å². The molecule has 1 unspecified atom stereocenters. The summed E-state index contributed by atoms with van der Waals surface area (Å²) < 4.78 is 0. The molecule has 0 saturated carbocycles. The molecule has 0 fully saturated rings. The average molecular weight is 353 g/mol. The Hall–Kier alpha value is -1.19. The lowest BCUT2D eigenvalue weighted by molar-refractivity contribution is -0.121. The van der Waals surface area contributed by atoms with Crippen LogP contribution in [-0.4, -0.2) is 12.1 Å². The molecule has 1 atom stereocenters. The number of nitrogens with zero attached hydrogens (tertiary/aromatic N) is 1. The van der Waals surface area contributed by atoms with Crippen molar-refractivity contribution in [3.05, 3.63) is 17.1 Å². The molecular formula is C21H40N2O2. The molecule has 0 aliphatic rings. The fourth-order valence-corrected chi connectivity index (χ4v) is 2.82. The van der Waals surface area contributed by atoms with E-state index in [1.807, 2.05) is 6.92 Å². The Balaban J connectivity index is 3.29. The van der Waals surface area contributed by atoms with Gasteiger partial charge in [0.25, 0.3) is 0 Å². The number of hydrogen-bond acceptors (Lipinski definition) is 3. The van der Waals surface area contributed by atoms with Gasteiger partial charge in [-0.05, 0) is 43.7 Å². The third-order valence-corrected chi connectivity index (χ3v) is 4.51. The molecule has 1 N–H and O–H groups in total. The monoisotopic (exact) mass is 352 g/mol. The van der Waals surface area contributed by atoms with Gasteiger partial charge in [-0.25, -0.2) is 0 Å². The van der Waals surface area contributed by atoms with Gasteiger partial charge in [0.1, 0.15) is 0 Å². The summed E-state index contributed by atoms with van der Waals surface area (Å²) >= 11 is 0. The number of hydrogen-bond donors (Lipinski definition) is 1. The highest BCUT2D eigenvalue weighted by Gasteiger charge is 2.08. The molecule has 0 aliphatic carbocycles. The number of rotatable bonds is 18. The normalized spacial score (nSPS) is 12.4. The predicted octanol–water partition coefficient (Wildman–Crippen LogP) is 6.64. The van der Waals surface area contributed by atoms with E-state index in [0.29, 0.717) is 12.8 Å². The number of carbonyl (C=O) groups excluding carboxylic acids is 1. The van der Waals surface area contributed by atoms with Crippen molar-refractivity contribution >= 4 is 5.91 Å². The highest BCUT2D eigenvalue weighted by Crippen LogP contribution is 2.10. The minimum absolute atomic E-state index is 0.0518. The first-order valence-corrected chi connectivity index (χ1v) is 10.5. The van der Waals surface area contributed by atoms with Gasteiger partial charge in [-0.2, -0.15) is 0 Å². The van der Waals surface area contributed by atoms with Gasteiger partial charge in [-0.15, -0.1) is 4.91 Å². The average Bonchev–Trinajstić information content (AvgIpc) is 2.62. The third kappa shape index (κ3) is 17.4. The number of carbonyl (C=O) groups is 1. The molecule has 0 aliphatic heterocycles. The van der Waals surface area contributed by atoms with Crippen molar-refractivity contribution in [1.82, 2.24) is 5.32 Å². The van der Waals surface area contributed by atoms with Crippen LogP contribution in [0.25, 0.3) is 0 Å². The lowest BCUT2D eigenvalue weighted by Crippen LogP contribution is -2.32. The Morgan fingerprint density at radius 1 is 0.840 bits per heavy atom. The van der Waals surface area contributed by atoms with E-state index >= 15 is 0 Å². The number of allylic oxidation sites excluding steroid dienone is 2. The molecule has 146 valence electrons. The van der Waals surface area contributed by atoms with E-state index in [4.69, 9.17) is 0 Å². The summed E-state index contributed by atoms with van der Waals surface area (Å²) in [6.45, 7) is 4.10. The maximum atomic E-state index is 11.6. The Morgan fingerprint density at radius 2 is 1.36 bits per heavy atom. The highest BCUT2D eigenvalue weighted by molar-refractivity contribution is 5.76. The molecule has 0 heterocycles. The Bertz CT molecular complexity index is 343. The molecule has 0 aromatic rings. The molecule has 0 rings (SSSR count). The number of amides is 1. The van der Waals surface area contributed by atoms with Crippen molar-refractivity contribution in [3.8, 4) is 0 Å². The summed E-state index contributed by atoms with van der Waals surface area (Å²) in [6.07, 6.45) is 21.4. The van der Waals surface area contributed by atoms with E-state index in [-0.39, 0.29) is 5.91 Å². The molecule has 0 aromatic carbocycles. The van der Waals surface area contributed by atoms with E-state index in [0.717, 1.165) is 12.8 Å². The molecule has 4 heteroatoms. The van der Waals surface area contributed by atoms with Crippen LogP contribution >= 0.6 is 0 Å². The van der Waals surface area contributed by atoms with E-state index < -0.39 is 6.17 Å². The van der Waals surface area contributed by atoms with Crippen LogP contribution in [-0.2, 0) is 4.79 Å². The van der Waals surface area contributed by atoms with Gasteiger partial charge >= 0.3 is 0 Å². The van der Waals surface area contributed by atoms with Crippen LogP contribution in [0.1, 0.15) is 110 Å². The van der Waals surface area contributed by atoms with Crippen molar-refractivity contribution in [2.24, 2.45) is 5.18 Å². The van der Waals surface area contributed by atoms with Crippen molar-refractivity contribution in [2.75, 3.05) is 0 Å². The predicted molar refractivity (Wildman–Crippen MR) is 107 cm³/mol. The van der Waals surface area contributed by atoms with Crippen LogP contribution in [0.5, 0.6) is 0 Å². The minimum atomic E-state index is -0.560. The first-order chi connectivity index (χ1) is 12.2. The molecular weight excluding hydrogens is 312 g/mol. The van der Waals surface area contributed by atoms with E-state index in [1.54, 1.807) is 0 Å². The molecule has 4 nitrogen and oxygen atoms in total. The summed E-state index contributed by atoms with van der Waals surface area (Å²) in [5.74, 6) is -0.0518. The van der Waals surface area contributed by atoms with Crippen LogP contribution in [0.2, 0.25) is 0 Å². The second-order valence-corrected chi connectivity index (χ2v) is 6.93. The van der Waals surface area contributed by atoms with Crippen molar-refractivity contribution in [3.63, 3.8) is 0 Å². The fraction of sp³-hybridized carbons (Fsp3) is 0.857. The molecule has 25 heavy (non-hydrogen) atoms. The quantitative estimate of drug-likeness (QED) is 0.171. The summed E-state index contributed by atoms with van der Waals surface area (Å²) in [4.78, 5) is 22.0. The molecule has 0 radical (unpaired) electrons. The standard InChI is InChI=1S/C21H40N2O2/c1-3-5-6-7-8-9-10-11-12-13-14-15-16-17-18-19-21(24)22-20(4-2)23-25/h11-12,20H,3-10,13-19H2,1-2H3,(H,22,24)/b12-11-. The second-order valence-electron chi connectivity index (χ2n) is 6.93. The van der Waals surface area contributed by atoms with Crippen LogP contribution < -0.4 is 5.32 Å². The Morgan fingerprint density at radius 3 is 1.88 bits per heavy atom. The fourth-order valence-electron chi connectivity index (χ4n) is 2.82. The van der Waals surface area contributed by atoms with Crippen LogP contribution in [0.3, 0.4) is 0 Å². The first-order valence-electron chi connectivity index (χ1n) is 10.5.